The highest BCUT2D eigenvalue weighted by molar-refractivity contribution is 6.05. The lowest BCUT2D eigenvalue weighted by Crippen LogP contribution is -2.28. The molecular weight excluding hydrogens is 435 g/mol. The van der Waals surface area contributed by atoms with Crippen molar-refractivity contribution in [2.45, 2.75) is 53.9 Å². The molecule has 3 rings (SSSR count). The van der Waals surface area contributed by atoms with E-state index in [0.717, 1.165) is 30.8 Å². The maximum Gasteiger partial charge on any atom is 0.207 e. The molecule has 0 amide bonds. The Bertz CT molecular complexity index is 1120. The molecule has 1 heterocycles. The van der Waals surface area contributed by atoms with Crippen LogP contribution in [-0.2, 0) is 0 Å². The minimum Gasteiger partial charge on any atom is -0.487 e. The molecular formula is C27H35FN2O4. The van der Waals surface area contributed by atoms with Crippen LogP contribution < -0.4 is 9.47 Å². The number of hydrogen-bond donors (Lipinski definition) is 0. The fraction of sp³-hybridized carbons (Fsp3) is 0.481. The molecule has 0 aliphatic carbocycles. The molecule has 0 saturated carbocycles. The minimum atomic E-state index is -0.252. The van der Waals surface area contributed by atoms with Crippen molar-refractivity contribution >= 4 is 16.9 Å². The number of rotatable bonds is 12. The molecule has 3 aromatic rings. The number of aryl methyl sites for hydroxylation is 2. The third-order valence-corrected chi connectivity index (χ3v) is 6.24. The Morgan fingerprint density at radius 1 is 1.09 bits per heavy atom. The predicted octanol–water partition coefficient (Wildman–Crippen LogP) is 6.08. The molecule has 1 atom stereocenters. The van der Waals surface area contributed by atoms with Gasteiger partial charge in [0.1, 0.15) is 17.9 Å². The number of halogens is 1. The normalized spacial score (nSPS) is 12.4. The van der Waals surface area contributed by atoms with E-state index in [2.05, 4.69) is 30.7 Å². The first-order valence-electron chi connectivity index (χ1n) is 11.9. The average Bonchev–Trinajstić information content (AvgIpc) is 3.20. The Balaban J connectivity index is 1.91. The summed E-state index contributed by atoms with van der Waals surface area (Å²) in [6.07, 6.45) is 0.697. The molecule has 0 N–H and O–H groups in total. The zero-order valence-electron chi connectivity index (χ0n) is 21.0. The van der Waals surface area contributed by atoms with Crippen LogP contribution in [0.4, 0.5) is 4.39 Å². The molecule has 6 nitrogen and oxygen atoms in total. The third kappa shape index (κ3) is 5.76. The van der Waals surface area contributed by atoms with Gasteiger partial charge in [-0.15, -0.1) is 0 Å². The second kappa shape index (κ2) is 11.5. The molecule has 0 aliphatic heterocycles. The van der Waals surface area contributed by atoms with Gasteiger partial charge in [0.2, 0.25) is 11.3 Å². The number of aromatic nitrogens is 1. The van der Waals surface area contributed by atoms with Gasteiger partial charge in [-0.2, -0.15) is 0 Å². The first kappa shape index (κ1) is 25.7. The third-order valence-electron chi connectivity index (χ3n) is 6.24. The molecule has 0 radical (unpaired) electrons. The van der Waals surface area contributed by atoms with Crippen molar-refractivity contribution in [3.8, 4) is 11.5 Å². The van der Waals surface area contributed by atoms with Crippen molar-refractivity contribution in [2.75, 3.05) is 32.8 Å². The number of fused-ring (bicyclic) bond motifs is 1. The highest BCUT2D eigenvalue weighted by atomic mass is 19.1. The summed E-state index contributed by atoms with van der Waals surface area (Å²) in [6.45, 7) is 14.8. The van der Waals surface area contributed by atoms with Gasteiger partial charge in [-0.05, 0) is 62.5 Å². The summed E-state index contributed by atoms with van der Waals surface area (Å²) >= 11 is 0. The van der Waals surface area contributed by atoms with Gasteiger partial charge in [0.15, 0.2) is 17.4 Å². The second-order valence-corrected chi connectivity index (χ2v) is 8.59. The van der Waals surface area contributed by atoms with E-state index >= 15 is 0 Å². The first-order chi connectivity index (χ1) is 16.3. The number of carbonyl (C=O) groups excluding carboxylic acids is 1. The van der Waals surface area contributed by atoms with Crippen molar-refractivity contribution in [3.63, 3.8) is 0 Å². The topological polar surface area (TPSA) is 64.8 Å². The highest BCUT2D eigenvalue weighted by Crippen LogP contribution is 2.42. The summed E-state index contributed by atoms with van der Waals surface area (Å²) in [7, 11) is 0. The summed E-state index contributed by atoms with van der Waals surface area (Å²) in [5, 5.41) is 0. The van der Waals surface area contributed by atoms with Crippen LogP contribution in [0.2, 0.25) is 0 Å². The molecule has 0 spiro atoms. The van der Waals surface area contributed by atoms with E-state index in [9.17, 15) is 9.18 Å². The summed E-state index contributed by atoms with van der Waals surface area (Å²) in [5.74, 6) is 1.13. The van der Waals surface area contributed by atoms with Gasteiger partial charge in [0, 0.05) is 13.5 Å². The highest BCUT2D eigenvalue weighted by Gasteiger charge is 2.26. The molecule has 1 aromatic heterocycles. The molecule has 0 saturated heterocycles. The number of nitrogens with zero attached hydrogens (tertiary/aromatic N) is 2. The van der Waals surface area contributed by atoms with Gasteiger partial charge < -0.3 is 18.8 Å². The zero-order chi connectivity index (χ0) is 24.8. The predicted molar refractivity (Wildman–Crippen MR) is 132 cm³/mol. The van der Waals surface area contributed by atoms with E-state index in [4.69, 9.17) is 13.9 Å². The number of oxazole rings is 1. The number of ketones is 1. The molecule has 0 aliphatic rings. The van der Waals surface area contributed by atoms with Crippen molar-refractivity contribution in [2.24, 2.45) is 0 Å². The van der Waals surface area contributed by atoms with E-state index in [1.807, 2.05) is 6.92 Å². The summed E-state index contributed by atoms with van der Waals surface area (Å²) < 4.78 is 31.6. The van der Waals surface area contributed by atoms with Crippen molar-refractivity contribution in [3.05, 3.63) is 52.7 Å². The van der Waals surface area contributed by atoms with Crippen molar-refractivity contribution < 1.29 is 23.1 Å². The number of hydrogen-bond acceptors (Lipinski definition) is 6. The minimum absolute atomic E-state index is 0.109. The molecule has 0 bridgehead atoms. The van der Waals surface area contributed by atoms with E-state index in [1.54, 1.807) is 19.1 Å². The smallest absolute Gasteiger partial charge is 0.207 e. The summed E-state index contributed by atoms with van der Waals surface area (Å²) in [4.78, 5) is 19.4. The Kier molecular flexibility index (Phi) is 8.67. The van der Waals surface area contributed by atoms with Crippen LogP contribution in [-0.4, -0.2) is 48.5 Å². The molecule has 0 fully saturated rings. The monoisotopic (exact) mass is 470 g/mol. The SMILES string of the molecule is CCN(CC)CCOc1c(C(C)=O)c(C)c2nc(C)oc2c1OCCC(C)c1ccc(F)cc1. The quantitative estimate of drug-likeness (QED) is 0.299. The standard InChI is InChI=1S/C27H35FN2O4/c1-7-30(8-2)14-16-33-25-23(19(5)31)18(4)24-26(34-20(6)29-24)27(25)32-15-13-17(3)21-9-11-22(28)12-10-21/h9-12,17H,7-8,13-16H2,1-6H3. The number of benzene rings is 2. The second-order valence-electron chi connectivity index (χ2n) is 8.59. The zero-order valence-corrected chi connectivity index (χ0v) is 21.0. The fourth-order valence-electron chi connectivity index (χ4n) is 4.15. The van der Waals surface area contributed by atoms with Crippen molar-refractivity contribution in [1.82, 2.24) is 9.88 Å². The van der Waals surface area contributed by atoms with E-state index in [0.29, 0.717) is 53.7 Å². The molecule has 184 valence electrons. The maximum atomic E-state index is 13.3. The van der Waals surface area contributed by atoms with Crippen LogP contribution in [0.15, 0.2) is 28.7 Å². The molecule has 2 aromatic carbocycles. The Morgan fingerprint density at radius 2 is 1.74 bits per heavy atom. The van der Waals surface area contributed by atoms with E-state index < -0.39 is 0 Å². The van der Waals surface area contributed by atoms with Crippen LogP contribution in [0.5, 0.6) is 11.5 Å². The van der Waals surface area contributed by atoms with Crippen molar-refractivity contribution in [1.29, 1.82) is 0 Å². The lowest BCUT2D eigenvalue weighted by atomic mass is 9.98. The molecule has 7 heteroatoms. The Hall–Kier alpha value is -2.93. The van der Waals surface area contributed by atoms with E-state index in [1.165, 1.54) is 19.1 Å². The molecule has 1 unspecified atom stereocenters. The van der Waals surface area contributed by atoms with E-state index in [-0.39, 0.29) is 17.5 Å². The van der Waals surface area contributed by atoms with Crippen LogP contribution in [0.3, 0.4) is 0 Å². The number of carbonyl (C=O) groups is 1. The maximum absolute atomic E-state index is 13.3. The van der Waals surface area contributed by atoms with Crippen LogP contribution in [0.1, 0.15) is 67.4 Å². The van der Waals surface area contributed by atoms with Gasteiger partial charge in [-0.25, -0.2) is 9.37 Å². The lowest BCUT2D eigenvalue weighted by molar-refractivity contribution is 0.101. The van der Waals surface area contributed by atoms with Gasteiger partial charge in [0.05, 0.1) is 12.2 Å². The van der Waals surface area contributed by atoms with Crippen LogP contribution in [0, 0.1) is 19.7 Å². The van der Waals surface area contributed by atoms with Gasteiger partial charge in [0.25, 0.3) is 0 Å². The summed E-state index contributed by atoms with van der Waals surface area (Å²) in [5.41, 5.74) is 3.34. The van der Waals surface area contributed by atoms with Crippen LogP contribution in [0.25, 0.3) is 11.1 Å². The largest absolute Gasteiger partial charge is 0.487 e. The van der Waals surface area contributed by atoms with Gasteiger partial charge in [-0.1, -0.05) is 32.9 Å². The average molecular weight is 471 g/mol. The summed E-state index contributed by atoms with van der Waals surface area (Å²) in [6, 6.07) is 6.52. The number of likely N-dealkylation sites (N-methyl/N-ethyl adjacent to an activating group) is 1. The van der Waals surface area contributed by atoms with Gasteiger partial charge in [-0.3, -0.25) is 4.79 Å². The number of Topliss-reactive ketones (excluding diaryl/α,β-unsaturated/α-hetero) is 1. The first-order valence-corrected chi connectivity index (χ1v) is 11.9. The number of ether oxygens (including phenoxy) is 2. The fourth-order valence-corrected chi connectivity index (χ4v) is 4.15. The lowest BCUT2D eigenvalue weighted by Gasteiger charge is -2.21. The van der Waals surface area contributed by atoms with Gasteiger partial charge >= 0.3 is 0 Å². The Labute approximate surface area is 201 Å². The Morgan fingerprint density at radius 3 is 2.35 bits per heavy atom. The van der Waals surface area contributed by atoms with Crippen LogP contribution >= 0.6 is 0 Å². The molecule has 34 heavy (non-hydrogen) atoms.